The molecule has 2 aliphatic heterocycles. The van der Waals surface area contributed by atoms with Crippen molar-refractivity contribution in [3.05, 3.63) is 0 Å². The van der Waals surface area contributed by atoms with Crippen LogP contribution in [0, 0.1) is 0 Å². The second-order valence-electron chi connectivity index (χ2n) is 4.19. The number of sulfonamides is 1. The molecule has 0 aliphatic carbocycles. The van der Waals surface area contributed by atoms with Crippen molar-refractivity contribution in [1.82, 2.24) is 9.21 Å². The Morgan fingerprint density at radius 2 is 2.27 bits per heavy atom. The van der Waals surface area contributed by atoms with Gasteiger partial charge in [-0.15, -0.1) is 0 Å². The van der Waals surface area contributed by atoms with Crippen LogP contribution in [0.1, 0.15) is 12.8 Å². The van der Waals surface area contributed by atoms with Gasteiger partial charge in [0.05, 0.1) is 12.9 Å². The van der Waals surface area contributed by atoms with Crippen LogP contribution in [-0.2, 0) is 10.0 Å². The molecule has 1 saturated heterocycles. The van der Waals surface area contributed by atoms with Crippen LogP contribution in [0.2, 0.25) is 0 Å². The molecule has 0 bridgehead atoms. The van der Waals surface area contributed by atoms with Crippen molar-refractivity contribution in [2.24, 2.45) is 4.99 Å². The minimum absolute atomic E-state index is 0.343. The van der Waals surface area contributed by atoms with Crippen molar-refractivity contribution < 1.29 is 8.42 Å². The van der Waals surface area contributed by atoms with Gasteiger partial charge in [-0.1, -0.05) is 0 Å². The summed E-state index contributed by atoms with van der Waals surface area (Å²) in [6.45, 7) is 2.89. The van der Waals surface area contributed by atoms with Crippen LogP contribution in [0.3, 0.4) is 0 Å². The van der Waals surface area contributed by atoms with E-state index < -0.39 is 10.0 Å². The molecular formula is C9H17N3O2S. The molecule has 0 aromatic carbocycles. The molecular weight excluding hydrogens is 214 g/mol. The van der Waals surface area contributed by atoms with Crippen LogP contribution in [0.4, 0.5) is 0 Å². The topological polar surface area (TPSA) is 53.0 Å². The molecule has 86 valence electrons. The van der Waals surface area contributed by atoms with Gasteiger partial charge in [-0.3, -0.25) is 9.89 Å². The molecule has 1 atom stereocenters. The summed E-state index contributed by atoms with van der Waals surface area (Å²) in [4.78, 5) is 6.39. The first-order chi connectivity index (χ1) is 7.07. The molecule has 0 spiro atoms. The highest BCUT2D eigenvalue weighted by atomic mass is 32.2. The molecule has 0 aromatic rings. The third kappa shape index (κ3) is 2.56. The molecule has 2 heterocycles. The fourth-order valence-electron chi connectivity index (χ4n) is 2.17. The lowest BCUT2D eigenvalue weighted by atomic mass is 10.1. The number of hydrogen-bond acceptors (Lipinski definition) is 4. The summed E-state index contributed by atoms with van der Waals surface area (Å²) < 4.78 is 24.4. The molecule has 6 heteroatoms. The van der Waals surface area contributed by atoms with E-state index in [-0.39, 0.29) is 0 Å². The van der Waals surface area contributed by atoms with Gasteiger partial charge in [0.1, 0.15) is 0 Å². The first kappa shape index (κ1) is 11.0. The molecule has 0 unspecified atom stereocenters. The minimum Gasteiger partial charge on any atom is -0.281 e. The van der Waals surface area contributed by atoms with Crippen LogP contribution in [0.5, 0.6) is 0 Å². The first-order valence-electron chi connectivity index (χ1n) is 5.25. The van der Waals surface area contributed by atoms with Gasteiger partial charge in [0.25, 0.3) is 0 Å². The van der Waals surface area contributed by atoms with E-state index in [1.807, 2.05) is 6.21 Å². The maximum absolute atomic E-state index is 11.4. The Morgan fingerprint density at radius 1 is 1.47 bits per heavy atom. The van der Waals surface area contributed by atoms with Crippen LogP contribution >= 0.6 is 0 Å². The fraction of sp³-hybridized carbons (Fsp3) is 0.889. The highest BCUT2D eigenvalue weighted by Gasteiger charge is 2.29. The Kier molecular flexibility index (Phi) is 3.08. The molecule has 0 saturated carbocycles. The number of rotatable bonds is 2. The average Bonchev–Trinajstić information content (AvgIpc) is 2.69. The number of piperidine rings is 1. The number of aliphatic imine (C=N–C) groups is 1. The first-order valence-corrected chi connectivity index (χ1v) is 7.09. The zero-order chi connectivity index (χ0) is 10.9. The predicted molar refractivity (Wildman–Crippen MR) is 59.5 cm³/mol. The Morgan fingerprint density at radius 3 is 2.87 bits per heavy atom. The van der Waals surface area contributed by atoms with Crippen LogP contribution in [0.15, 0.2) is 4.99 Å². The molecule has 5 nitrogen and oxygen atoms in total. The molecule has 15 heavy (non-hydrogen) atoms. The van der Waals surface area contributed by atoms with Crippen molar-refractivity contribution in [2.75, 3.05) is 32.6 Å². The van der Waals surface area contributed by atoms with Crippen LogP contribution in [0.25, 0.3) is 0 Å². The largest absolute Gasteiger partial charge is 0.281 e. The molecule has 0 N–H and O–H groups in total. The third-order valence-corrected chi connectivity index (χ3v) is 4.32. The molecule has 0 radical (unpaired) electrons. The molecule has 0 amide bonds. The summed E-state index contributed by atoms with van der Waals surface area (Å²) in [5, 5.41) is 0. The average molecular weight is 231 g/mol. The van der Waals surface area contributed by atoms with E-state index in [1.54, 1.807) is 4.31 Å². The van der Waals surface area contributed by atoms with Gasteiger partial charge >= 0.3 is 0 Å². The van der Waals surface area contributed by atoms with Crippen molar-refractivity contribution in [3.63, 3.8) is 0 Å². The Balaban J connectivity index is 1.98. The zero-order valence-electron chi connectivity index (χ0n) is 8.96. The summed E-state index contributed by atoms with van der Waals surface area (Å²) in [5.41, 5.74) is 0. The predicted octanol–water partition coefficient (Wildman–Crippen LogP) is -0.246. The molecule has 1 fully saturated rings. The van der Waals surface area contributed by atoms with Gasteiger partial charge in [-0.2, -0.15) is 0 Å². The van der Waals surface area contributed by atoms with Crippen molar-refractivity contribution in [2.45, 2.75) is 18.9 Å². The van der Waals surface area contributed by atoms with Gasteiger partial charge in [0, 0.05) is 31.9 Å². The summed E-state index contributed by atoms with van der Waals surface area (Å²) in [6.07, 6.45) is 5.22. The SMILES string of the molecule is CS(=O)(=O)N1CCC[C@@H](N2CC=NC2)C1. The summed E-state index contributed by atoms with van der Waals surface area (Å²) >= 11 is 0. The van der Waals surface area contributed by atoms with Crippen LogP contribution in [-0.4, -0.2) is 62.4 Å². The van der Waals surface area contributed by atoms with Gasteiger partial charge in [0.2, 0.25) is 10.0 Å². The fourth-order valence-corrected chi connectivity index (χ4v) is 3.07. The molecule has 2 rings (SSSR count). The Hall–Kier alpha value is -0.460. The molecule has 2 aliphatic rings. The smallest absolute Gasteiger partial charge is 0.211 e. The van der Waals surface area contributed by atoms with Crippen molar-refractivity contribution >= 4 is 16.2 Å². The number of hydrogen-bond donors (Lipinski definition) is 0. The summed E-state index contributed by atoms with van der Waals surface area (Å²) in [6, 6.07) is 0.343. The van der Waals surface area contributed by atoms with Gasteiger partial charge in [-0.05, 0) is 12.8 Å². The highest BCUT2D eigenvalue weighted by Crippen LogP contribution is 2.18. The standard InChI is InChI=1S/C9H17N3O2S/c1-15(13,14)12-5-2-3-9(7-12)11-6-4-10-8-11/h4,9H,2-3,5-8H2,1H3/t9-/m1/s1. The van der Waals surface area contributed by atoms with E-state index in [0.717, 1.165) is 26.1 Å². The third-order valence-electron chi connectivity index (χ3n) is 3.05. The van der Waals surface area contributed by atoms with Gasteiger partial charge < -0.3 is 0 Å². The van der Waals surface area contributed by atoms with E-state index in [1.165, 1.54) is 6.26 Å². The highest BCUT2D eigenvalue weighted by molar-refractivity contribution is 7.88. The van der Waals surface area contributed by atoms with Gasteiger partial charge in [0.15, 0.2) is 0 Å². The minimum atomic E-state index is -3.02. The lowest BCUT2D eigenvalue weighted by molar-refractivity contribution is 0.165. The Bertz CT molecular complexity index is 344. The normalized spacial score (nSPS) is 29.8. The van der Waals surface area contributed by atoms with E-state index in [4.69, 9.17) is 0 Å². The quantitative estimate of drug-likeness (QED) is 0.659. The van der Waals surface area contributed by atoms with E-state index in [0.29, 0.717) is 19.1 Å². The Labute approximate surface area is 90.8 Å². The van der Waals surface area contributed by atoms with Crippen LogP contribution < -0.4 is 0 Å². The summed E-state index contributed by atoms with van der Waals surface area (Å²) in [5.74, 6) is 0. The van der Waals surface area contributed by atoms with E-state index in [2.05, 4.69) is 9.89 Å². The monoisotopic (exact) mass is 231 g/mol. The second kappa shape index (κ2) is 4.19. The lowest BCUT2D eigenvalue weighted by Gasteiger charge is -2.35. The lowest BCUT2D eigenvalue weighted by Crippen LogP contribution is -2.48. The van der Waals surface area contributed by atoms with Crippen molar-refractivity contribution in [1.29, 1.82) is 0 Å². The number of nitrogens with zero attached hydrogens (tertiary/aromatic N) is 3. The second-order valence-corrected chi connectivity index (χ2v) is 6.18. The maximum Gasteiger partial charge on any atom is 0.211 e. The maximum atomic E-state index is 11.4. The van der Waals surface area contributed by atoms with E-state index >= 15 is 0 Å². The zero-order valence-corrected chi connectivity index (χ0v) is 9.78. The van der Waals surface area contributed by atoms with Crippen molar-refractivity contribution in [3.8, 4) is 0 Å². The summed E-state index contributed by atoms with van der Waals surface area (Å²) in [7, 11) is -3.02. The van der Waals surface area contributed by atoms with Gasteiger partial charge in [-0.25, -0.2) is 12.7 Å². The molecule has 0 aromatic heterocycles. The van der Waals surface area contributed by atoms with E-state index in [9.17, 15) is 8.42 Å².